The molecule has 1 aliphatic rings. The predicted octanol–water partition coefficient (Wildman–Crippen LogP) is 1.06. The van der Waals surface area contributed by atoms with Crippen LogP contribution in [0.25, 0.3) is 0 Å². The smallest absolute Gasteiger partial charge is 0.0216 e. The lowest BCUT2D eigenvalue weighted by molar-refractivity contribution is 0.318. The van der Waals surface area contributed by atoms with Crippen molar-refractivity contribution >= 4 is 0 Å². The van der Waals surface area contributed by atoms with Gasteiger partial charge in [0.15, 0.2) is 0 Å². The molecule has 0 saturated carbocycles. The van der Waals surface area contributed by atoms with Gasteiger partial charge in [-0.3, -0.25) is 0 Å². The highest BCUT2D eigenvalue weighted by atomic mass is 15.2. The minimum atomic E-state index is 0.417. The molecule has 0 aliphatic carbocycles. The Morgan fingerprint density at radius 1 is 1.40 bits per heavy atom. The molecule has 1 rings (SSSR count). The number of nitrogens with two attached hydrogens (primary N) is 1. The molecule has 62 valence electrons. The average molecular weight is 144 g/mol. The summed E-state index contributed by atoms with van der Waals surface area (Å²) in [6, 6.07) is 1.01. The van der Waals surface area contributed by atoms with Gasteiger partial charge in [-0.05, 0) is 26.9 Å². The van der Waals surface area contributed by atoms with Gasteiger partial charge in [-0.2, -0.15) is 0 Å². The Morgan fingerprint density at radius 2 is 1.90 bits per heavy atom. The molecule has 0 aromatic carbocycles. The van der Waals surface area contributed by atoms with Crippen molar-refractivity contribution in [2.45, 2.75) is 39.3 Å². The van der Waals surface area contributed by atoms with Crippen molar-refractivity contribution in [3.63, 3.8) is 0 Å². The molecular formula is C8H20N2. The monoisotopic (exact) mass is 144 g/mol. The minimum Gasteiger partial charge on any atom is -0.326 e. The third kappa shape index (κ3) is 2.27. The molecule has 1 heterocycles. The molecule has 0 aromatic heterocycles. The molecule has 2 nitrogen and oxygen atoms in total. The van der Waals surface area contributed by atoms with Crippen molar-refractivity contribution in [2.24, 2.45) is 5.73 Å². The first kappa shape index (κ1) is 9.92. The van der Waals surface area contributed by atoms with Crippen molar-refractivity contribution < 1.29 is 0 Å². The fourth-order valence-electron chi connectivity index (χ4n) is 1.12. The maximum Gasteiger partial charge on any atom is 0.0216 e. The van der Waals surface area contributed by atoms with Gasteiger partial charge in [0.2, 0.25) is 0 Å². The zero-order chi connectivity index (χ0) is 8.15. The molecule has 0 spiro atoms. The van der Waals surface area contributed by atoms with E-state index in [4.69, 9.17) is 5.73 Å². The van der Waals surface area contributed by atoms with E-state index >= 15 is 0 Å². The van der Waals surface area contributed by atoms with Gasteiger partial charge in [0, 0.05) is 12.1 Å². The lowest BCUT2D eigenvalue weighted by Gasteiger charge is -2.16. The topological polar surface area (TPSA) is 29.3 Å². The van der Waals surface area contributed by atoms with Gasteiger partial charge in [0.25, 0.3) is 0 Å². The summed E-state index contributed by atoms with van der Waals surface area (Å²) >= 11 is 0. The van der Waals surface area contributed by atoms with Gasteiger partial charge in [0.05, 0.1) is 0 Å². The van der Waals surface area contributed by atoms with Crippen LogP contribution in [0.2, 0.25) is 0 Å². The molecule has 0 radical (unpaired) electrons. The Hall–Kier alpha value is -0.0800. The zero-order valence-corrected chi connectivity index (χ0v) is 7.59. The molecule has 0 bridgehead atoms. The second kappa shape index (κ2) is 4.69. The van der Waals surface area contributed by atoms with Crippen molar-refractivity contribution in [1.82, 2.24) is 4.90 Å². The SMILES string of the molecule is CC.CC1C(N)CCN1C. The molecule has 0 amide bonds. The number of likely N-dealkylation sites (N-methyl/N-ethyl adjacent to an activating group) is 1. The third-order valence-corrected chi connectivity index (χ3v) is 2.13. The maximum atomic E-state index is 5.73. The van der Waals surface area contributed by atoms with E-state index < -0.39 is 0 Å². The predicted molar refractivity (Wildman–Crippen MR) is 46.0 cm³/mol. The fourth-order valence-corrected chi connectivity index (χ4v) is 1.12. The number of hydrogen-bond donors (Lipinski definition) is 1. The van der Waals surface area contributed by atoms with Gasteiger partial charge in [-0.15, -0.1) is 0 Å². The van der Waals surface area contributed by atoms with E-state index in [1.807, 2.05) is 13.8 Å². The minimum absolute atomic E-state index is 0.417. The molecule has 1 saturated heterocycles. The van der Waals surface area contributed by atoms with Crippen LogP contribution < -0.4 is 5.73 Å². The average Bonchev–Trinajstić information content (AvgIpc) is 2.25. The first-order valence-corrected chi connectivity index (χ1v) is 4.17. The fraction of sp³-hybridized carbons (Fsp3) is 1.00. The molecule has 10 heavy (non-hydrogen) atoms. The number of rotatable bonds is 0. The molecule has 1 fully saturated rings. The molecule has 2 unspecified atom stereocenters. The Bertz CT molecular complexity index is 73.3. The largest absolute Gasteiger partial charge is 0.326 e. The summed E-state index contributed by atoms with van der Waals surface area (Å²) < 4.78 is 0. The van der Waals surface area contributed by atoms with E-state index in [9.17, 15) is 0 Å². The standard InChI is InChI=1S/C6H14N2.C2H6/c1-5-6(7)3-4-8(5)2;1-2/h5-6H,3-4,7H2,1-2H3;1-2H3. The van der Waals surface area contributed by atoms with E-state index in [0.29, 0.717) is 12.1 Å². The second-order valence-corrected chi connectivity index (χ2v) is 2.67. The Balaban J connectivity index is 0.000000371. The summed E-state index contributed by atoms with van der Waals surface area (Å²) in [7, 11) is 2.12. The maximum absolute atomic E-state index is 5.73. The quantitative estimate of drug-likeness (QED) is 0.551. The van der Waals surface area contributed by atoms with E-state index in [0.717, 1.165) is 6.42 Å². The molecular weight excluding hydrogens is 124 g/mol. The highest BCUT2D eigenvalue weighted by Crippen LogP contribution is 2.11. The molecule has 2 atom stereocenters. The number of hydrogen-bond acceptors (Lipinski definition) is 2. The van der Waals surface area contributed by atoms with E-state index in [2.05, 4.69) is 18.9 Å². The Labute approximate surface area is 64.4 Å². The van der Waals surface area contributed by atoms with Crippen molar-refractivity contribution in [2.75, 3.05) is 13.6 Å². The summed E-state index contributed by atoms with van der Waals surface area (Å²) in [6.45, 7) is 7.35. The van der Waals surface area contributed by atoms with Crippen LogP contribution in [0.4, 0.5) is 0 Å². The van der Waals surface area contributed by atoms with Crippen LogP contribution in [-0.2, 0) is 0 Å². The van der Waals surface area contributed by atoms with Crippen molar-refractivity contribution in [3.8, 4) is 0 Å². The summed E-state index contributed by atoms with van der Waals surface area (Å²) in [6.07, 6.45) is 1.16. The highest BCUT2D eigenvalue weighted by molar-refractivity contribution is 4.83. The van der Waals surface area contributed by atoms with Gasteiger partial charge in [0.1, 0.15) is 0 Å². The highest BCUT2D eigenvalue weighted by Gasteiger charge is 2.23. The molecule has 1 aliphatic heterocycles. The van der Waals surface area contributed by atoms with Crippen LogP contribution in [0.15, 0.2) is 0 Å². The summed E-state index contributed by atoms with van der Waals surface area (Å²) in [4.78, 5) is 2.30. The van der Waals surface area contributed by atoms with Crippen LogP contribution in [0.5, 0.6) is 0 Å². The summed E-state index contributed by atoms with van der Waals surface area (Å²) in [5.41, 5.74) is 5.73. The lowest BCUT2D eigenvalue weighted by atomic mass is 10.2. The normalized spacial score (nSPS) is 33.3. The van der Waals surface area contributed by atoms with Crippen LogP contribution >= 0.6 is 0 Å². The van der Waals surface area contributed by atoms with E-state index in [1.165, 1.54) is 6.54 Å². The molecule has 2 N–H and O–H groups in total. The first-order valence-electron chi connectivity index (χ1n) is 4.17. The van der Waals surface area contributed by atoms with E-state index in [1.54, 1.807) is 0 Å². The van der Waals surface area contributed by atoms with Crippen LogP contribution in [0, 0.1) is 0 Å². The summed E-state index contributed by atoms with van der Waals surface area (Å²) in [5, 5.41) is 0. The molecule has 0 aromatic rings. The van der Waals surface area contributed by atoms with Crippen molar-refractivity contribution in [3.05, 3.63) is 0 Å². The van der Waals surface area contributed by atoms with Crippen LogP contribution in [-0.4, -0.2) is 30.6 Å². The van der Waals surface area contributed by atoms with Crippen LogP contribution in [0.1, 0.15) is 27.2 Å². The van der Waals surface area contributed by atoms with Gasteiger partial charge in [-0.25, -0.2) is 0 Å². The van der Waals surface area contributed by atoms with Gasteiger partial charge in [-0.1, -0.05) is 13.8 Å². The molecule has 2 heteroatoms. The lowest BCUT2D eigenvalue weighted by Crippen LogP contribution is -2.34. The summed E-state index contributed by atoms with van der Waals surface area (Å²) in [5.74, 6) is 0. The van der Waals surface area contributed by atoms with Gasteiger partial charge < -0.3 is 10.6 Å². The Morgan fingerprint density at radius 3 is 2.00 bits per heavy atom. The van der Waals surface area contributed by atoms with E-state index in [-0.39, 0.29) is 0 Å². The third-order valence-electron chi connectivity index (χ3n) is 2.13. The first-order chi connectivity index (χ1) is 4.72. The second-order valence-electron chi connectivity index (χ2n) is 2.67. The van der Waals surface area contributed by atoms with Gasteiger partial charge >= 0.3 is 0 Å². The van der Waals surface area contributed by atoms with Crippen molar-refractivity contribution in [1.29, 1.82) is 0 Å². The number of nitrogens with zero attached hydrogens (tertiary/aromatic N) is 1. The van der Waals surface area contributed by atoms with Crippen LogP contribution in [0.3, 0.4) is 0 Å². The zero-order valence-electron chi connectivity index (χ0n) is 7.59. The Kier molecular flexibility index (Phi) is 4.65. The number of likely N-dealkylation sites (tertiary alicyclic amines) is 1.